The number of nitrogens with one attached hydrogen (secondary N) is 3. The third kappa shape index (κ3) is 10.00. The van der Waals surface area contributed by atoms with Gasteiger partial charge in [0.25, 0.3) is 0 Å². The van der Waals surface area contributed by atoms with Crippen LogP contribution < -0.4 is 15.4 Å². The fourth-order valence-electron chi connectivity index (χ4n) is 2.62. The van der Waals surface area contributed by atoms with Crippen LogP contribution in [0.2, 0.25) is 0 Å². The summed E-state index contributed by atoms with van der Waals surface area (Å²) in [4.78, 5) is 4.71. The van der Waals surface area contributed by atoms with Gasteiger partial charge in [-0.25, -0.2) is 13.1 Å². The Bertz CT molecular complexity index is 467. The van der Waals surface area contributed by atoms with E-state index in [1.165, 1.54) is 25.5 Å². The van der Waals surface area contributed by atoms with Crippen LogP contribution in [0, 0.1) is 5.41 Å². The highest BCUT2D eigenvalue weighted by atomic mass is 127. The highest BCUT2D eigenvalue weighted by Crippen LogP contribution is 2.44. The summed E-state index contributed by atoms with van der Waals surface area (Å²) in [5, 5.41) is 6.49. The summed E-state index contributed by atoms with van der Waals surface area (Å²) in [5.41, 5.74) is 0.302. The van der Waals surface area contributed by atoms with Crippen LogP contribution in [0.5, 0.6) is 0 Å². The molecule has 1 aliphatic carbocycles. The zero-order chi connectivity index (χ0) is 17.2. The molecule has 0 aromatic heterocycles. The summed E-state index contributed by atoms with van der Waals surface area (Å²) in [7, 11) is -1.36. The second-order valence-corrected chi connectivity index (χ2v) is 8.07. The van der Waals surface area contributed by atoms with E-state index < -0.39 is 10.0 Å². The van der Waals surface area contributed by atoms with Gasteiger partial charge in [0, 0.05) is 39.9 Å². The number of rotatable bonds is 11. The molecule has 1 aliphatic rings. The summed E-state index contributed by atoms with van der Waals surface area (Å²) in [6.07, 6.45) is 6.66. The molecule has 7 nitrogen and oxygen atoms in total. The summed E-state index contributed by atoms with van der Waals surface area (Å²) in [6.45, 7) is 5.55. The van der Waals surface area contributed by atoms with Gasteiger partial charge in [-0.1, -0.05) is 6.42 Å². The molecule has 1 rings (SSSR count). The Morgan fingerprint density at radius 2 is 1.96 bits per heavy atom. The lowest BCUT2D eigenvalue weighted by atomic mass is 9.67. The number of halogens is 1. The molecular weight excluding hydrogens is 443 g/mol. The molecule has 0 spiro atoms. The van der Waals surface area contributed by atoms with Crippen molar-refractivity contribution < 1.29 is 13.2 Å². The first-order chi connectivity index (χ1) is 10.9. The third-order valence-corrected chi connectivity index (χ3v) is 4.91. The van der Waals surface area contributed by atoms with E-state index in [1.54, 1.807) is 7.11 Å². The summed E-state index contributed by atoms with van der Waals surface area (Å²) in [5.74, 6) is 0.801. The Morgan fingerprint density at radius 3 is 2.46 bits per heavy atom. The molecule has 0 amide bonds. The van der Waals surface area contributed by atoms with E-state index in [1.807, 2.05) is 6.92 Å². The lowest BCUT2D eigenvalue weighted by Crippen LogP contribution is -2.41. The Balaban J connectivity index is 0.00000529. The first-order valence-corrected chi connectivity index (χ1v) is 10.3. The Kier molecular flexibility index (Phi) is 12.2. The van der Waals surface area contributed by atoms with Gasteiger partial charge in [0.2, 0.25) is 10.0 Å². The fourth-order valence-corrected chi connectivity index (χ4v) is 3.14. The molecule has 0 unspecified atom stereocenters. The molecule has 0 atom stereocenters. The third-order valence-electron chi connectivity index (χ3n) is 4.18. The number of guanidine groups is 1. The number of sulfonamides is 1. The van der Waals surface area contributed by atoms with E-state index in [9.17, 15) is 8.42 Å². The molecule has 0 bridgehead atoms. The standard InChI is InChI=1S/C15H32N4O3S.HI/c1-4-16-14(17-10-6-11-19-23(3,20)21)18-13-15(7-5-8-15)9-12-22-2;/h19H,4-13H2,1-3H3,(H2,16,17,18);1H. The topological polar surface area (TPSA) is 91.8 Å². The first-order valence-electron chi connectivity index (χ1n) is 8.36. The monoisotopic (exact) mass is 476 g/mol. The normalized spacial score (nSPS) is 16.9. The minimum atomic E-state index is -3.10. The Morgan fingerprint density at radius 1 is 1.25 bits per heavy atom. The van der Waals surface area contributed by atoms with Crippen molar-refractivity contribution in [1.29, 1.82) is 0 Å². The van der Waals surface area contributed by atoms with Crippen molar-refractivity contribution in [1.82, 2.24) is 15.4 Å². The van der Waals surface area contributed by atoms with Crippen LogP contribution in [0.1, 0.15) is 39.0 Å². The molecule has 1 saturated carbocycles. The van der Waals surface area contributed by atoms with Crippen LogP contribution in [0.25, 0.3) is 0 Å². The van der Waals surface area contributed by atoms with E-state index in [0.29, 0.717) is 24.9 Å². The number of ether oxygens (including phenoxy) is 1. The van der Waals surface area contributed by atoms with Gasteiger partial charge in [-0.2, -0.15) is 0 Å². The van der Waals surface area contributed by atoms with Crippen molar-refractivity contribution in [3.63, 3.8) is 0 Å². The van der Waals surface area contributed by atoms with Gasteiger partial charge in [0.15, 0.2) is 5.96 Å². The lowest BCUT2D eigenvalue weighted by molar-refractivity contribution is 0.0778. The molecular formula is C15H33IN4O3S. The molecule has 0 radical (unpaired) electrons. The van der Waals surface area contributed by atoms with Crippen LogP contribution in [0.15, 0.2) is 4.99 Å². The van der Waals surface area contributed by atoms with Gasteiger partial charge in [-0.05, 0) is 38.0 Å². The van der Waals surface area contributed by atoms with Gasteiger partial charge in [-0.15, -0.1) is 24.0 Å². The molecule has 144 valence electrons. The fraction of sp³-hybridized carbons (Fsp3) is 0.933. The summed E-state index contributed by atoms with van der Waals surface area (Å²) in [6, 6.07) is 0. The molecule has 0 heterocycles. The highest BCUT2D eigenvalue weighted by Gasteiger charge is 2.36. The van der Waals surface area contributed by atoms with Crippen LogP contribution in [-0.4, -0.2) is 60.5 Å². The molecule has 0 aliphatic heterocycles. The second kappa shape index (κ2) is 12.3. The van der Waals surface area contributed by atoms with E-state index in [2.05, 4.69) is 15.4 Å². The van der Waals surface area contributed by atoms with E-state index >= 15 is 0 Å². The highest BCUT2D eigenvalue weighted by molar-refractivity contribution is 14.0. The lowest BCUT2D eigenvalue weighted by Gasteiger charge is -2.40. The van der Waals surface area contributed by atoms with Gasteiger partial charge in [0.1, 0.15) is 0 Å². The van der Waals surface area contributed by atoms with Gasteiger partial charge in [-0.3, -0.25) is 4.99 Å². The van der Waals surface area contributed by atoms with Crippen molar-refractivity contribution in [2.45, 2.75) is 39.0 Å². The van der Waals surface area contributed by atoms with Crippen molar-refractivity contribution in [3.05, 3.63) is 0 Å². The molecule has 0 aromatic carbocycles. The predicted octanol–water partition coefficient (Wildman–Crippen LogP) is 1.31. The molecule has 1 fully saturated rings. The van der Waals surface area contributed by atoms with E-state index in [4.69, 9.17) is 9.73 Å². The van der Waals surface area contributed by atoms with Crippen molar-refractivity contribution >= 4 is 40.0 Å². The van der Waals surface area contributed by atoms with Gasteiger partial charge in [0.05, 0.1) is 6.26 Å². The maximum Gasteiger partial charge on any atom is 0.208 e. The van der Waals surface area contributed by atoms with Crippen LogP contribution >= 0.6 is 24.0 Å². The molecule has 24 heavy (non-hydrogen) atoms. The number of hydrogen-bond donors (Lipinski definition) is 3. The van der Waals surface area contributed by atoms with Crippen molar-refractivity contribution in [2.75, 3.05) is 46.2 Å². The van der Waals surface area contributed by atoms with E-state index in [-0.39, 0.29) is 24.0 Å². The molecule has 0 saturated heterocycles. The minimum Gasteiger partial charge on any atom is -0.385 e. The van der Waals surface area contributed by atoms with Crippen molar-refractivity contribution in [2.24, 2.45) is 10.4 Å². The maximum atomic E-state index is 11.0. The SMILES string of the molecule is CCNC(=NCC1(CCOC)CCC1)NCCCNS(C)(=O)=O.I. The largest absolute Gasteiger partial charge is 0.385 e. The zero-order valence-corrected chi connectivity index (χ0v) is 18.2. The molecule has 9 heteroatoms. The van der Waals surface area contributed by atoms with Crippen LogP contribution in [-0.2, 0) is 14.8 Å². The zero-order valence-electron chi connectivity index (χ0n) is 15.1. The minimum absolute atomic E-state index is 0. The predicted molar refractivity (Wildman–Crippen MR) is 110 cm³/mol. The van der Waals surface area contributed by atoms with E-state index in [0.717, 1.165) is 32.1 Å². The van der Waals surface area contributed by atoms with Crippen LogP contribution in [0.4, 0.5) is 0 Å². The smallest absolute Gasteiger partial charge is 0.208 e. The number of aliphatic imine (C=N–C) groups is 1. The Hall–Kier alpha value is -0.130. The molecule has 0 aromatic rings. The maximum absolute atomic E-state index is 11.0. The average molecular weight is 476 g/mol. The number of hydrogen-bond acceptors (Lipinski definition) is 4. The number of methoxy groups -OCH3 is 1. The first kappa shape index (κ1) is 23.9. The average Bonchev–Trinajstić information content (AvgIpc) is 2.44. The van der Waals surface area contributed by atoms with Crippen LogP contribution in [0.3, 0.4) is 0 Å². The van der Waals surface area contributed by atoms with Crippen molar-refractivity contribution in [3.8, 4) is 0 Å². The quantitative estimate of drug-likeness (QED) is 0.181. The Labute approximate surface area is 163 Å². The second-order valence-electron chi connectivity index (χ2n) is 6.24. The van der Waals surface area contributed by atoms with Gasteiger partial charge >= 0.3 is 0 Å². The molecule has 3 N–H and O–H groups in total. The summed E-state index contributed by atoms with van der Waals surface area (Å²) >= 11 is 0. The number of nitrogens with zero attached hydrogens (tertiary/aromatic N) is 1. The van der Waals surface area contributed by atoms with Gasteiger partial charge < -0.3 is 15.4 Å². The summed E-state index contributed by atoms with van der Waals surface area (Å²) < 4.78 is 29.7.